The molecule has 2 N–H and O–H groups in total. The minimum atomic E-state index is -0.218. The van der Waals surface area contributed by atoms with Crippen molar-refractivity contribution >= 4 is 11.7 Å². The first-order valence-electron chi connectivity index (χ1n) is 7.35. The van der Waals surface area contributed by atoms with E-state index >= 15 is 0 Å². The van der Waals surface area contributed by atoms with E-state index in [0.717, 1.165) is 23.5 Å². The SMILES string of the molecule is Cc1nn(CC(C)C)c(C)c1CC(=O)Nc1ncccc1O. The number of hydrogen-bond acceptors (Lipinski definition) is 4. The maximum atomic E-state index is 12.2. The lowest BCUT2D eigenvalue weighted by molar-refractivity contribution is -0.115. The van der Waals surface area contributed by atoms with Crippen LogP contribution in [-0.2, 0) is 17.8 Å². The van der Waals surface area contributed by atoms with Crippen LogP contribution >= 0.6 is 0 Å². The smallest absolute Gasteiger partial charge is 0.230 e. The van der Waals surface area contributed by atoms with Gasteiger partial charge in [0.2, 0.25) is 5.91 Å². The lowest BCUT2D eigenvalue weighted by Crippen LogP contribution is -2.16. The van der Waals surface area contributed by atoms with Gasteiger partial charge in [0, 0.05) is 24.0 Å². The molecule has 0 saturated carbocycles. The Labute approximate surface area is 130 Å². The summed E-state index contributed by atoms with van der Waals surface area (Å²) in [5.41, 5.74) is 2.79. The zero-order valence-electron chi connectivity index (χ0n) is 13.4. The predicted molar refractivity (Wildman–Crippen MR) is 84.8 cm³/mol. The molecule has 0 aliphatic rings. The number of anilines is 1. The van der Waals surface area contributed by atoms with Crippen LogP contribution < -0.4 is 5.32 Å². The predicted octanol–water partition coefficient (Wildman–Crippen LogP) is 2.44. The van der Waals surface area contributed by atoms with Gasteiger partial charge in [-0.25, -0.2) is 4.98 Å². The van der Waals surface area contributed by atoms with Gasteiger partial charge in [0.1, 0.15) is 0 Å². The molecule has 2 rings (SSSR count). The third-order valence-corrected chi connectivity index (χ3v) is 3.45. The van der Waals surface area contributed by atoms with Crippen molar-refractivity contribution in [3.05, 3.63) is 35.3 Å². The van der Waals surface area contributed by atoms with E-state index in [-0.39, 0.29) is 23.9 Å². The van der Waals surface area contributed by atoms with Crippen molar-refractivity contribution in [2.45, 2.75) is 40.7 Å². The molecule has 0 aliphatic heterocycles. The first-order valence-corrected chi connectivity index (χ1v) is 7.35. The molecular weight excluding hydrogens is 280 g/mol. The number of carbonyl (C=O) groups is 1. The van der Waals surface area contributed by atoms with Crippen molar-refractivity contribution in [1.29, 1.82) is 0 Å². The van der Waals surface area contributed by atoms with Crippen LogP contribution in [0.5, 0.6) is 5.75 Å². The Kier molecular flexibility index (Phi) is 4.80. The molecule has 0 aliphatic carbocycles. The van der Waals surface area contributed by atoms with Gasteiger partial charge < -0.3 is 10.4 Å². The first kappa shape index (κ1) is 16.0. The fraction of sp³-hybridized carbons (Fsp3) is 0.438. The van der Waals surface area contributed by atoms with E-state index in [0.29, 0.717) is 5.92 Å². The molecule has 0 unspecified atom stereocenters. The summed E-state index contributed by atoms with van der Waals surface area (Å²) >= 11 is 0. The molecule has 2 heterocycles. The number of nitrogens with zero attached hydrogens (tertiary/aromatic N) is 3. The molecule has 6 nitrogen and oxygen atoms in total. The van der Waals surface area contributed by atoms with Gasteiger partial charge in [0.15, 0.2) is 11.6 Å². The van der Waals surface area contributed by atoms with E-state index in [9.17, 15) is 9.90 Å². The molecule has 0 atom stereocenters. The second kappa shape index (κ2) is 6.60. The summed E-state index contributed by atoms with van der Waals surface area (Å²) in [4.78, 5) is 16.1. The van der Waals surface area contributed by atoms with Gasteiger partial charge in [0.05, 0.1) is 12.1 Å². The lowest BCUT2D eigenvalue weighted by Gasteiger charge is -2.08. The Balaban J connectivity index is 2.12. The molecule has 0 saturated heterocycles. The summed E-state index contributed by atoms with van der Waals surface area (Å²) in [5.74, 6) is 0.409. The zero-order chi connectivity index (χ0) is 16.3. The van der Waals surface area contributed by atoms with Crippen molar-refractivity contribution in [2.24, 2.45) is 5.92 Å². The monoisotopic (exact) mass is 302 g/mol. The average molecular weight is 302 g/mol. The number of amides is 1. The summed E-state index contributed by atoms with van der Waals surface area (Å²) in [6.45, 7) is 8.97. The lowest BCUT2D eigenvalue weighted by atomic mass is 10.1. The number of rotatable bonds is 5. The number of hydrogen-bond donors (Lipinski definition) is 2. The highest BCUT2D eigenvalue weighted by atomic mass is 16.3. The topological polar surface area (TPSA) is 80.0 Å². The van der Waals surface area contributed by atoms with Crippen molar-refractivity contribution < 1.29 is 9.90 Å². The summed E-state index contributed by atoms with van der Waals surface area (Å²) in [6.07, 6.45) is 1.73. The maximum Gasteiger partial charge on any atom is 0.230 e. The molecule has 0 bridgehead atoms. The van der Waals surface area contributed by atoms with Crippen LogP contribution in [0.25, 0.3) is 0 Å². The van der Waals surface area contributed by atoms with Crippen LogP contribution in [0.4, 0.5) is 5.82 Å². The van der Waals surface area contributed by atoms with Crippen molar-refractivity contribution in [2.75, 3.05) is 5.32 Å². The molecule has 0 aromatic carbocycles. The molecule has 1 amide bonds. The Morgan fingerprint density at radius 3 is 2.77 bits per heavy atom. The summed E-state index contributed by atoms with van der Waals surface area (Å²) in [7, 11) is 0. The highest BCUT2D eigenvalue weighted by molar-refractivity contribution is 5.92. The fourth-order valence-corrected chi connectivity index (χ4v) is 2.34. The summed E-state index contributed by atoms with van der Waals surface area (Å²) in [6, 6.07) is 3.09. The minimum Gasteiger partial charge on any atom is -0.504 e. The summed E-state index contributed by atoms with van der Waals surface area (Å²) in [5, 5.41) is 16.8. The standard InChI is InChI=1S/C16H22N4O2/c1-10(2)9-20-12(4)13(11(3)19-20)8-15(22)18-16-14(21)6-5-7-17-16/h5-7,10,21H,8-9H2,1-4H3,(H,17,18,22). The van der Waals surface area contributed by atoms with E-state index < -0.39 is 0 Å². The van der Waals surface area contributed by atoms with Crippen LogP contribution in [0.15, 0.2) is 18.3 Å². The number of nitrogens with one attached hydrogen (secondary N) is 1. The number of aromatic nitrogens is 3. The molecule has 6 heteroatoms. The third kappa shape index (κ3) is 3.63. The normalized spacial score (nSPS) is 11.0. The second-order valence-corrected chi connectivity index (χ2v) is 5.82. The Hall–Kier alpha value is -2.37. The first-order chi connectivity index (χ1) is 10.4. The highest BCUT2D eigenvalue weighted by Crippen LogP contribution is 2.20. The van der Waals surface area contributed by atoms with Gasteiger partial charge in [-0.1, -0.05) is 13.8 Å². The molecule has 2 aromatic heterocycles. The van der Waals surface area contributed by atoms with Crippen molar-refractivity contribution in [3.8, 4) is 5.75 Å². The van der Waals surface area contributed by atoms with Crippen LogP contribution in [0.2, 0.25) is 0 Å². The molecule has 0 fully saturated rings. The average Bonchev–Trinajstić information content (AvgIpc) is 2.68. The van der Waals surface area contributed by atoms with Crippen molar-refractivity contribution in [3.63, 3.8) is 0 Å². The Morgan fingerprint density at radius 2 is 2.14 bits per heavy atom. The van der Waals surface area contributed by atoms with Crippen molar-refractivity contribution in [1.82, 2.24) is 14.8 Å². The number of aryl methyl sites for hydroxylation is 1. The minimum absolute atomic E-state index is 0.0419. The van der Waals surface area contributed by atoms with Gasteiger partial charge in [0.25, 0.3) is 0 Å². The van der Waals surface area contributed by atoms with Gasteiger partial charge in [-0.15, -0.1) is 0 Å². The second-order valence-electron chi connectivity index (χ2n) is 5.82. The van der Waals surface area contributed by atoms with E-state index in [2.05, 4.69) is 29.2 Å². The van der Waals surface area contributed by atoms with Crippen LogP contribution in [0.1, 0.15) is 30.8 Å². The summed E-state index contributed by atoms with van der Waals surface area (Å²) < 4.78 is 1.95. The van der Waals surface area contributed by atoms with Gasteiger partial charge >= 0.3 is 0 Å². The molecule has 0 spiro atoms. The fourth-order valence-electron chi connectivity index (χ4n) is 2.34. The third-order valence-electron chi connectivity index (χ3n) is 3.45. The van der Waals surface area contributed by atoms with Crippen LogP contribution in [-0.4, -0.2) is 25.8 Å². The molecule has 118 valence electrons. The number of aromatic hydroxyl groups is 1. The largest absolute Gasteiger partial charge is 0.504 e. The quantitative estimate of drug-likeness (QED) is 0.889. The Morgan fingerprint density at radius 1 is 1.41 bits per heavy atom. The molecule has 2 aromatic rings. The van der Waals surface area contributed by atoms with E-state index in [1.54, 1.807) is 6.07 Å². The molecule has 0 radical (unpaired) electrons. The number of carbonyl (C=O) groups excluding carboxylic acids is 1. The van der Waals surface area contributed by atoms with Gasteiger partial charge in [-0.3, -0.25) is 9.48 Å². The van der Waals surface area contributed by atoms with Gasteiger partial charge in [-0.2, -0.15) is 5.10 Å². The highest BCUT2D eigenvalue weighted by Gasteiger charge is 2.16. The van der Waals surface area contributed by atoms with Gasteiger partial charge in [-0.05, 0) is 31.9 Å². The van der Waals surface area contributed by atoms with E-state index in [4.69, 9.17) is 0 Å². The zero-order valence-corrected chi connectivity index (χ0v) is 13.4. The van der Waals surface area contributed by atoms with E-state index in [1.165, 1.54) is 12.3 Å². The number of pyridine rings is 1. The van der Waals surface area contributed by atoms with E-state index in [1.807, 2.05) is 18.5 Å². The maximum absolute atomic E-state index is 12.2. The molecular formula is C16H22N4O2. The van der Waals surface area contributed by atoms with Crippen LogP contribution in [0, 0.1) is 19.8 Å². The van der Waals surface area contributed by atoms with Crippen LogP contribution in [0.3, 0.4) is 0 Å². The Bertz CT molecular complexity index is 677. The molecule has 22 heavy (non-hydrogen) atoms.